The number of fused-ring (bicyclic) bond motifs is 1. The molecule has 0 spiro atoms. The van der Waals surface area contributed by atoms with Crippen molar-refractivity contribution in [1.29, 1.82) is 0 Å². The molecule has 1 fully saturated rings. The Morgan fingerprint density at radius 2 is 2.21 bits per heavy atom. The molecule has 1 saturated heterocycles. The first-order chi connectivity index (χ1) is 9.22. The van der Waals surface area contributed by atoms with Crippen LogP contribution in [0.5, 0.6) is 0 Å². The highest BCUT2D eigenvalue weighted by Crippen LogP contribution is 2.10. The van der Waals surface area contributed by atoms with E-state index in [1.54, 1.807) is 21.7 Å². The summed E-state index contributed by atoms with van der Waals surface area (Å²) >= 11 is 0. The summed E-state index contributed by atoms with van der Waals surface area (Å²) in [4.78, 5) is 16.0. The van der Waals surface area contributed by atoms with Gasteiger partial charge in [-0.15, -0.1) is 0 Å². The Kier molecular flexibility index (Phi) is 3.16. The van der Waals surface area contributed by atoms with Crippen LogP contribution in [0, 0.1) is 5.82 Å². The van der Waals surface area contributed by atoms with E-state index in [0.717, 1.165) is 25.1 Å². The number of nitrogens with zero attached hydrogens (tertiary/aromatic N) is 3. The van der Waals surface area contributed by atoms with Crippen LogP contribution >= 0.6 is 0 Å². The summed E-state index contributed by atoms with van der Waals surface area (Å²) in [5.41, 5.74) is 4.56. The average molecular weight is 262 g/mol. The van der Waals surface area contributed by atoms with Crippen LogP contribution in [-0.2, 0) is 11.3 Å². The minimum Gasteiger partial charge on any atom is -0.304 e. The fourth-order valence-corrected chi connectivity index (χ4v) is 2.25. The van der Waals surface area contributed by atoms with Crippen LogP contribution in [0.1, 0.15) is 25.0 Å². The maximum absolute atomic E-state index is 13.1. The first kappa shape index (κ1) is 12.1. The largest absolute Gasteiger partial charge is 0.304 e. The van der Waals surface area contributed by atoms with Crippen molar-refractivity contribution in [2.75, 3.05) is 6.54 Å². The third-order valence-electron chi connectivity index (χ3n) is 3.24. The Labute approximate surface area is 110 Å². The van der Waals surface area contributed by atoms with E-state index >= 15 is 0 Å². The lowest BCUT2D eigenvalue weighted by atomic mass is 10.1. The molecule has 0 unspecified atom stereocenters. The maximum atomic E-state index is 13.1. The Balaban J connectivity index is 1.69. The highest BCUT2D eigenvalue weighted by atomic mass is 19.1. The van der Waals surface area contributed by atoms with Crippen molar-refractivity contribution < 1.29 is 9.18 Å². The molecule has 1 N–H and O–H groups in total. The van der Waals surface area contributed by atoms with Gasteiger partial charge in [0.1, 0.15) is 11.5 Å². The van der Waals surface area contributed by atoms with Gasteiger partial charge < -0.3 is 4.40 Å². The molecule has 19 heavy (non-hydrogen) atoms. The van der Waals surface area contributed by atoms with E-state index in [4.69, 9.17) is 0 Å². The number of nitrogens with one attached hydrogen (secondary N) is 1. The number of aromatic nitrogens is 2. The van der Waals surface area contributed by atoms with Gasteiger partial charge in [0.25, 0.3) is 0 Å². The Morgan fingerprint density at radius 1 is 1.32 bits per heavy atom. The number of rotatable bonds is 3. The van der Waals surface area contributed by atoms with Gasteiger partial charge in [-0.1, -0.05) is 0 Å². The summed E-state index contributed by atoms with van der Waals surface area (Å²) in [6, 6.07) is 3.01. The number of imidazole rings is 1. The van der Waals surface area contributed by atoms with E-state index in [1.165, 1.54) is 12.3 Å². The second kappa shape index (κ2) is 4.97. The molecule has 3 heterocycles. The fraction of sp³-hybridized carbons (Fsp3) is 0.385. The van der Waals surface area contributed by atoms with Crippen LogP contribution in [0.15, 0.2) is 24.5 Å². The van der Waals surface area contributed by atoms with Crippen LogP contribution in [0.4, 0.5) is 4.39 Å². The number of hydrazine groups is 1. The first-order valence-electron chi connectivity index (χ1n) is 6.39. The number of carbonyl (C=O) groups excluding carboxylic acids is 1. The van der Waals surface area contributed by atoms with Crippen molar-refractivity contribution in [3.8, 4) is 0 Å². The first-order valence-corrected chi connectivity index (χ1v) is 6.39. The monoisotopic (exact) mass is 262 g/mol. The zero-order valence-corrected chi connectivity index (χ0v) is 10.5. The zero-order valence-electron chi connectivity index (χ0n) is 10.5. The van der Waals surface area contributed by atoms with Gasteiger partial charge >= 0.3 is 0 Å². The maximum Gasteiger partial charge on any atom is 0.236 e. The number of hydrogen-bond donors (Lipinski definition) is 1. The van der Waals surface area contributed by atoms with E-state index in [0.29, 0.717) is 18.6 Å². The van der Waals surface area contributed by atoms with Gasteiger partial charge in [0.05, 0.1) is 12.2 Å². The van der Waals surface area contributed by atoms with Crippen molar-refractivity contribution in [1.82, 2.24) is 19.8 Å². The Hall–Kier alpha value is -1.95. The second-order valence-corrected chi connectivity index (χ2v) is 4.68. The van der Waals surface area contributed by atoms with Crippen molar-refractivity contribution in [2.24, 2.45) is 0 Å². The summed E-state index contributed by atoms with van der Waals surface area (Å²) < 4.78 is 14.7. The summed E-state index contributed by atoms with van der Waals surface area (Å²) in [6.07, 6.45) is 5.74. The van der Waals surface area contributed by atoms with E-state index in [2.05, 4.69) is 10.4 Å². The Morgan fingerprint density at radius 3 is 3.05 bits per heavy atom. The van der Waals surface area contributed by atoms with Crippen molar-refractivity contribution in [3.05, 3.63) is 36.0 Å². The molecule has 0 aromatic carbocycles. The summed E-state index contributed by atoms with van der Waals surface area (Å²) in [5, 5.41) is 1.65. The summed E-state index contributed by atoms with van der Waals surface area (Å²) in [6.45, 7) is 1.20. The van der Waals surface area contributed by atoms with Gasteiger partial charge in [0.15, 0.2) is 0 Å². The van der Waals surface area contributed by atoms with Gasteiger partial charge in [-0.25, -0.2) is 14.8 Å². The molecule has 3 rings (SSSR count). The smallest absolute Gasteiger partial charge is 0.236 e. The molecule has 5 nitrogen and oxygen atoms in total. The van der Waals surface area contributed by atoms with Gasteiger partial charge in [0, 0.05) is 25.4 Å². The molecule has 1 aliphatic rings. The number of carbonyl (C=O) groups is 1. The second-order valence-electron chi connectivity index (χ2n) is 4.68. The number of amides is 1. The van der Waals surface area contributed by atoms with Gasteiger partial charge in [0.2, 0.25) is 5.91 Å². The van der Waals surface area contributed by atoms with Gasteiger partial charge in [-0.05, 0) is 25.0 Å². The lowest BCUT2D eigenvalue weighted by Gasteiger charge is -2.26. The molecule has 0 atom stereocenters. The van der Waals surface area contributed by atoms with E-state index in [9.17, 15) is 9.18 Å². The molecule has 2 aromatic heterocycles. The predicted octanol–water partition coefficient (Wildman–Crippen LogP) is 1.49. The van der Waals surface area contributed by atoms with Gasteiger partial charge in [-0.2, -0.15) is 0 Å². The molecular formula is C13H15FN4O. The third kappa shape index (κ3) is 2.58. The van der Waals surface area contributed by atoms with Crippen molar-refractivity contribution >= 4 is 11.6 Å². The Bertz CT molecular complexity index is 610. The van der Waals surface area contributed by atoms with Crippen LogP contribution in [0.3, 0.4) is 0 Å². The number of halogens is 1. The minimum absolute atomic E-state index is 0.126. The fourth-order valence-electron chi connectivity index (χ4n) is 2.25. The SMILES string of the molecule is O=C1CCCCN1NCc1cn2cc(F)ccc2n1. The topological polar surface area (TPSA) is 49.6 Å². The molecule has 1 aliphatic heterocycles. The highest BCUT2D eigenvalue weighted by Gasteiger charge is 2.17. The average Bonchev–Trinajstić information content (AvgIpc) is 2.79. The lowest BCUT2D eigenvalue weighted by molar-refractivity contribution is -0.136. The molecule has 100 valence electrons. The normalized spacial score (nSPS) is 16.3. The summed E-state index contributed by atoms with van der Waals surface area (Å²) in [5.74, 6) is -0.170. The molecule has 0 aliphatic carbocycles. The van der Waals surface area contributed by atoms with E-state index < -0.39 is 0 Å². The number of hydrogen-bond acceptors (Lipinski definition) is 3. The number of pyridine rings is 1. The highest BCUT2D eigenvalue weighted by molar-refractivity contribution is 5.76. The number of piperidine rings is 1. The lowest BCUT2D eigenvalue weighted by Crippen LogP contribution is -2.45. The van der Waals surface area contributed by atoms with Crippen LogP contribution in [0.25, 0.3) is 5.65 Å². The van der Waals surface area contributed by atoms with Crippen molar-refractivity contribution in [3.63, 3.8) is 0 Å². The predicted molar refractivity (Wildman–Crippen MR) is 67.6 cm³/mol. The van der Waals surface area contributed by atoms with Gasteiger partial charge in [-0.3, -0.25) is 9.80 Å². The summed E-state index contributed by atoms with van der Waals surface area (Å²) in [7, 11) is 0. The van der Waals surface area contributed by atoms with E-state index in [1.807, 2.05) is 0 Å². The van der Waals surface area contributed by atoms with Crippen LogP contribution in [0.2, 0.25) is 0 Å². The van der Waals surface area contributed by atoms with Crippen LogP contribution < -0.4 is 5.43 Å². The molecular weight excluding hydrogens is 247 g/mol. The zero-order chi connectivity index (χ0) is 13.2. The molecule has 0 bridgehead atoms. The molecule has 2 aromatic rings. The molecule has 0 radical (unpaired) electrons. The quantitative estimate of drug-likeness (QED) is 0.911. The van der Waals surface area contributed by atoms with Crippen LogP contribution in [-0.4, -0.2) is 26.8 Å². The third-order valence-corrected chi connectivity index (χ3v) is 3.24. The standard InChI is InChI=1S/C13H15FN4O/c14-10-4-5-12-16-11(9-17(12)8-10)7-15-18-6-2-1-3-13(18)19/h4-5,8-9,15H,1-3,6-7H2. The van der Waals surface area contributed by atoms with E-state index in [-0.39, 0.29) is 11.7 Å². The minimum atomic E-state index is -0.296. The molecule has 1 amide bonds. The van der Waals surface area contributed by atoms with Crippen molar-refractivity contribution in [2.45, 2.75) is 25.8 Å². The molecule has 6 heteroatoms. The molecule has 0 saturated carbocycles.